The first-order valence-electron chi connectivity index (χ1n) is 8.66. The molecule has 0 aromatic carbocycles. The lowest BCUT2D eigenvalue weighted by molar-refractivity contribution is -0.134. The highest BCUT2D eigenvalue weighted by atomic mass is 16.2. The molecule has 1 amide bonds. The van der Waals surface area contributed by atoms with Crippen LogP contribution in [0.15, 0.2) is 0 Å². The molecule has 5 unspecified atom stereocenters. The quantitative estimate of drug-likeness (QED) is 0.835. The van der Waals surface area contributed by atoms with E-state index in [0.717, 1.165) is 25.2 Å². The van der Waals surface area contributed by atoms with Gasteiger partial charge in [0, 0.05) is 6.04 Å². The summed E-state index contributed by atoms with van der Waals surface area (Å²) in [5.41, 5.74) is 0. The first kappa shape index (κ1) is 15.8. The van der Waals surface area contributed by atoms with Gasteiger partial charge in [-0.25, -0.2) is 0 Å². The molecule has 20 heavy (non-hydrogen) atoms. The maximum Gasteiger partial charge on any atom is 0.241 e. The zero-order valence-electron chi connectivity index (χ0n) is 13.7. The van der Waals surface area contributed by atoms with Crippen LogP contribution in [0.5, 0.6) is 0 Å². The normalized spacial score (nSPS) is 38.5. The monoisotopic (exact) mass is 280 g/mol. The van der Waals surface area contributed by atoms with E-state index in [1.165, 1.54) is 25.7 Å². The van der Waals surface area contributed by atoms with Crippen LogP contribution in [0.25, 0.3) is 0 Å². The van der Waals surface area contributed by atoms with E-state index in [9.17, 15) is 4.79 Å². The number of nitrogens with zero attached hydrogens (tertiary/aromatic N) is 1. The summed E-state index contributed by atoms with van der Waals surface area (Å²) in [6.45, 7) is 9.06. The van der Waals surface area contributed by atoms with Crippen LogP contribution < -0.4 is 5.32 Å². The summed E-state index contributed by atoms with van der Waals surface area (Å²) in [7, 11) is 0. The molecule has 1 heterocycles. The summed E-state index contributed by atoms with van der Waals surface area (Å²) in [6, 6.07) is 0.536. The Bertz CT molecular complexity index is 331. The predicted molar refractivity (Wildman–Crippen MR) is 83.3 cm³/mol. The molecule has 1 N–H and O–H groups in total. The van der Waals surface area contributed by atoms with E-state index in [1.54, 1.807) is 0 Å². The van der Waals surface area contributed by atoms with Crippen molar-refractivity contribution in [2.45, 2.75) is 90.9 Å². The van der Waals surface area contributed by atoms with Gasteiger partial charge in [-0.1, -0.05) is 40.5 Å². The molecule has 3 nitrogen and oxygen atoms in total. The summed E-state index contributed by atoms with van der Waals surface area (Å²) >= 11 is 0. The van der Waals surface area contributed by atoms with Crippen LogP contribution in [0, 0.1) is 11.8 Å². The Kier molecular flexibility index (Phi) is 5.48. The van der Waals surface area contributed by atoms with E-state index < -0.39 is 0 Å². The van der Waals surface area contributed by atoms with Gasteiger partial charge in [-0.3, -0.25) is 10.1 Å². The first-order valence-corrected chi connectivity index (χ1v) is 8.66. The van der Waals surface area contributed by atoms with Crippen molar-refractivity contribution in [1.29, 1.82) is 0 Å². The van der Waals surface area contributed by atoms with Crippen LogP contribution in [-0.4, -0.2) is 29.1 Å². The molecule has 5 atom stereocenters. The van der Waals surface area contributed by atoms with Crippen LogP contribution in [0.2, 0.25) is 0 Å². The van der Waals surface area contributed by atoms with Gasteiger partial charge >= 0.3 is 0 Å². The molecule has 3 heteroatoms. The lowest BCUT2D eigenvalue weighted by Crippen LogP contribution is -2.49. The Morgan fingerprint density at radius 2 is 2.00 bits per heavy atom. The van der Waals surface area contributed by atoms with Crippen LogP contribution in [0.3, 0.4) is 0 Å². The van der Waals surface area contributed by atoms with Gasteiger partial charge in [-0.05, 0) is 43.9 Å². The lowest BCUT2D eigenvalue weighted by Gasteiger charge is -2.41. The molecular formula is C17H32N2O. The van der Waals surface area contributed by atoms with Crippen LogP contribution in [0.4, 0.5) is 0 Å². The second kappa shape index (κ2) is 6.93. The highest BCUT2D eigenvalue weighted by molar-refractivity contribution is 5.84. The van der Waals surface area contributed by atoms with Gasteiger partial charge in [-0.15, -0.1) is 0 Å². The molecule has 1 saturated carbocycles. The molecule has 0 bridgehead atoms. The Balaban J connectivity index is 2.06. The van der Waals surface area contributed by atoms with Gasteiger partial charge in [0.25, 0.3) is 0 Å². The second-order valence-electron chi connectivity index (χ2n) is 6.99. The summed E-state index contributed by atoms with van der Waals surface area (Å²) in [6.07, 6.45) is 8.33. The molecule has 116 valence electrons. The Labute approximate surface area is 124 Å². The van der Waals surface area contributed by atoms with E-state index in [2.05, 4.69) is 37.9 Å². The number of amides is 1. The molecule has 0 radical (unpaired) electrons. The van der Waals surface area contributed by atoms with E-state index in [1.807, 2.05) is 0 Å². The zero-order chi connectivity index (χ0) is 14.7. The standard InChI is InChI=1S/C17H32N2O/c1-5-7-8-14-17(20)19(16(6-2)18-14)15-10-9-12(3)11-13(15)4/h12-16,18H,5-11H2,1-4H3. The molecule has 0 aromatic rings. The van der Waals surface area contributed by atoms with Crippen molar-refractivity contribution in [3.63, 3.8) is 0 Å². The third-order valence-electron chi connectivity index (χ3n) is 5.26. The van der Waals surface area contributed by atoms with Crippen molar-refractivity contribution >= 4 is 5.91 Å². The van der Waals surface area contributed by atoms with Crippen molar-refractivity contribution in [3.8, 4) is 0 Å². The second-order valence-corrected chi connectivity index (χ2v) is 6.99. The Hall–Kier alpha value is -0.570. The summed E-state index contributed by atoms with van der Waals surface area (Å²) in [5, 5.41) is 3.58. The minimum absolute atomic E-state index is 0.0754. The molecule has 2 fully saturated rings. The zero-order valence-corrected chi connectivity index (χ0v) is 13.7. The molecule has 1 aliphatic heterocycles. The van der Waals surface area contributed by atoms with Crippen molar-refractivity contribution in [2.24, 2.45) is 11.8 Å². The molecule has 0 aromatic heterocycles. The maximum absolute atomic E-state index is 12.8. The van der Waals surface area contributed by atoms with Crippen LogP contribution in [-0.2, 0) is 4.79 Å². The van der Waals surface area contributed by atoms with Crippen molar-refractivity contribution in [1.82, 2.24) is 10.2 Å². The lowest BCUT2D eigenvalue weighted by atomic mass is 9.79. The molecular weight excluding hydrogens is 248 g/mol. The van der Waals surface area contributed by atoms with Gasteiger partial charge in [0.2, 0.25) is 5.91 Å². The number of carbonyl (C=O) groups is 1. The van der Waals surface area contributed by atoms with Gasteiger partial charge < -0.3 is 4.90 Å². The fraction of sp³-hybridized carbons (Fsp3) is 0.941. The first-order chi connectivity index (χ1) is 9.58. The number of carbonyl (C=O) groups excluding carboxylic acids is 1. The number of unbranched alkanes of at least 4 members (excludes halogenated alkanes) is 1. The smallest absolute Gasteiger partial charge is 0.241 e. The van der Waals surface area contributed by atoms with Crippen LogP contribution in [0.1, 0.15) is 72.6 Å². The van der Waals surface area contributed by atoms with Crippen molar-refractivity contribution in [3.05, 3.63) is 0 Å². The number of hydrogen-bond acceptors (Lipinski definition) is 2. The van der Waals surface area contributed by atoms with Crippen LogP contribution >= 0.6 is 0 Å². The summed E-state index contributed by atoms with van der Waals surface area (Å²) < 4.78 is 0. The maximum atomic E-state index is 12.8. The summed E-state index contributed by atoms with van der Waals surface area (Å²) in [4.78, 5) is 15.0. The van der Waals surface area contributed by atoms with E-state index in [0.29, 0.717) is 17.9 Å². The molecule has 1 saturated heterocycles. The number of nitrogens with one attached hydrogen (secondary N) is 1. The minimum Gasteiger partial charge on any atom is -0.323 e. The molecule has 0 spiro atoms. The average Bonchev–Trinajstić information content (AvgIpc) is 2.73. The van der Waals surface area contributed by atoms with Gasteiger partial charge in [-0.2, -0.15) is 0 Å². The SMILES string of the molecule is CCCCC1NC(CC)N(C2CCC(C)CC2C)C1=O. The van der Waals surface area contributed by atoms with Gasteiger partial charge in [0.05, 0.1) is 12.2 Å². The summed E-state index contributed by atoms with van der Waals surface area (Å²) in [5.74, 6) is 1.84. The molecule has 1 aliphatic carbocycles. The van der Waals surface area contributed by atoms with E-state index in [4.69, 9.17) is 0 Å². The largest absolute Gasteiger partial charge is 0.323 e. The Morgan fingerprint density at radius 3 is 2.60 bits per heavy atom. The topological polar surface area (TPSA) is 32.3 Å². The highest BCUT2D eigenvalue weighted by Crippen LogP contribution is 2.35. The van der Waals surface area contributed by atoms with E-state index in [-0.39, 0.29) is 12.2 Å². The number of hydrogen-bond donors (Lipinski definition) is 1. The van der Waals surface area contributed by atoms with Gasteiger partial charge in [0.15, 0.2) is 0 Å². The van der Waals surface area contributed by atoms with Crippen molar-refractivity contribution in [2.75, 3.05) is 0 Å². The fourth-order valence-electron chi connectivity index (χ4n) is 4.10. The Morgan fingerprint density at radius 1 is 1.25 bits per heavy atom. The number of rotatable bonds is 5. The molecule has 2 rings (SSSR count). The van der Waals surface area contributed by atoms with Crippen molar-refractivity contribution < 1.29 is 4.79 Å². The molecule has 2 aliphatic rings. The predicted octanol–water partition coefficient (Wildman–Crippen LogP) is 3.54. The third kappa shape index (κ3) is 3.19. The average molecular weight is 280 g/mol. The minimum atomic E-state index is 0.0754. The van der Waals surface area contributed by atoms with Gasteiger partial charge in [0.1, 0.15) is 0 Å². The fourth-order valence-corrected chi connectivity index (χ4v) is 4.10. The highest BCUT2D eigenvalue weighted by Gasteiger charge is 2.43. The third-order valence-corrected chi connectivity index (χ3v) is 5.26. The van der Waals surface area contributed by atoms with E-state index >= 15 is 0 Å².